The molecule has 42 valence electrons. The van der Waals surface area contributed by atoms with Crippen molar-refractivity contribution in [3.05, 3.63) is 0 Å². The first-order valence-corrected chi connectivity index (χ1v) is 9.00. The Kier molecular flexibility index (Phi) is 3.29. The van der Waals surface area contributed by atoms with E-state index in [4.69, 9.17) is 5.11 Å². The molecule has 0 atom stereocenters. The summed E-state index contributed by atoms with van der Waals surface area (Å²) in [7, 11) is 0. The molecule has 0 aromatic carbocycles. The van der Waals surface area contributed by atoms with Crippen molar-refractivity contribution in [3.8, 4) is 0 Å². The van der Waals surface area contributed by atoms with E-state index in [2.05, 4.69) is 46.5 Å². The molecule has 0 bridgehead atoms. The molecule has 0 spiro atoms. The van der Waals surface area contributed by atoms with Crippen molar-refractivity contribution in [3.63, 3.8) is 0 Å². The molecule has 0 radical (unpaired) electrons. The fourth-order valence-corrected chi connectivity index (χ4v) is 0. The maximum atomic E-state index is 9.93. The third kappa shape index (κ3) is 3.88. The first-order valence-electron chi connectivity index (χ1n) is 1.16. The van der Waals surface area contributed by atoms with Gasteiger partial charge in [0.05, 0.1) is 0 Å². The molecule has 0 amide bonds. The largest absolute Gasteiger partial charge is 0.482 e. The lowest BCUT2D eigenvalue weighted by molar-refractivity contribution is 0.221. The summed E-state index contributed by atoms with van der Waals surface area (Å²) in [4.78, 5) is 9.93. The molecule has 0 aromatic heterocycles. The van der Waals surface area contributed by atoms with E-state index in [1.54, 1.807) is 0 Å². The molecule has 1 N–H and O–H groups in total. The summed E-state index contributed by atoms with van der Waals surface area (Å²) >= 11 is 8.66. The van der Waals surface area contributed by atoms with Crippen LogP contribution in [-0.4, -0.2) is 10.8 Å². The highest BCUT2D eigenvalue weighted by molar-refractivity contribution is 9.98. The van der Waals surface area contributed by atoms with Gasteiger partial charge in [-0.3, -0.25) is 0 Å². The minimum Gasteiger partial charge on any atom is -0.450 e. The molecule has 0 aliphatic heterocycles. The van der Waals surface area contributed by atoms with Crippen LogP contribution >= 0.6 is 49.8 Å². The summed E-state index contributed by atoms with van der Waals surface area (Å²) in [5, 5.41) is 8.16. The van der Waals surface area contributed by atoms with E-state index in [9.17, 15) is 4.79 Å². The molecule has 6 heteroatoms. The average Bonchev–Trinajstić information content (AvgIpc) is 1.31. The highest BCUT2D eigenvalue weighted by Crippen LogP contribution is 2.80. The summed E-state index contributed by atoms with van der Waals surface area (Å²) < 4.78 is -2.13. The quantitative estimate of drug-likeness (QED) is 0.751. The van der Waals surface area contributed by atoms with Crippen molar-refractivity contribution in [2.75, 3.05) is 0 Å². The first kappa shape index (κ1) is 8.34. The lowest BCUT2D eigenvalue weighted by Gasteiger charge is -1.87. The van der Waals surface area contributed by atoms with Crippen LogP contribution in [0, 0.1) is 0 Å². The standard InChI is InChI=1S/CBr3O2P/c2-7(3,4)1(5)6/p+1. The van der Waals surface area contributed by atoms with Gasteiger partial charge in [0.25, 0.3) is 0 Å². The van der Waals surface area contributed by atoms with E-state index in [0.29, 0.717) is 0 Å². The first-order chi connectivity index (χ1) is 2.94. The van der Waals surface area contributed by atoms with E-state index in [-0.39, 0.29) is 0 Å². The van der Waals surface area contributed by atoms with Crippen molar-refractivity contribution in [1.29, 1.82) is 0 Å². The van der Waals surface area contributed by atoms with Gasteiger partial charge in [0.15, 0.2) is 46.5 Å². The number of carbonyl (C=O) groups is 1. The third-order valence-electron chi connectivity index (χ3n) is 0.217. The van der Waals surface area contributed by atoms with Gasteiger partial charge in [0.2, 0.25) is 0 Å². The number of carboxylic acid groups (broad SMARTS) is 1. The Morgan fingerprint density at radius 2 is 1.57 bits per heavy atom. The Hall–Kier alpha value is 1.34. The third-order valence-corrected chi connectivity index (χ3v) is 3.38. The SMILES string of the molecule is O=C(O)[P+](Br)(Br)Br. The Morgan fingerprint density at radius 3 is 1.57 bits per heavy atom. The maximum Gasteiger partial charge on any atom is 0.482 e. The van der Waals surface area contributed by atoms with Gasteiger partial charge in [0, 0.05) is 0 Å². The van der Waals surface area contributed by atoms with Crippen LogP contribution in [0.2, 0.25) is 0 Å². The van der Waals surface area contributed by atoms with Gasteiger partial charge in [-0.25, -0.2) is 4.79 Å². The van der Waals surface area contributed by atoms with E-state index < -0.39 is 9.08 Å². The van der Waals surface area contributed by atoms with E-state index in [0.717, 1.165) is 0 Å². The zero-order valence-corrected chi connectivity index (χ0v) is 8.59. The fourth-order valence-electron chi connectivity index (χ4n) is 0. The molecule has 0 heterocycles. The van der Waals surface area contributed by atoms with E-state index in [1.807, 2.05) is 0 Å². The van der Waals surface area contributed by atoms with Crippen molar-refractivity contribution >= 4 is 55.5 Å². The van der Waals surface area contributed by atoms with Gasteiger partial charge in [-0.05, 0) is 0 Å². The normalized spacial score (nSPS) is 11.3. The molecular formula is CHBr3O2P+. The minimum atomic E-state index is -2.13. The molecule has 0 saturated heterocycles. The highest BCUT2D eigenvalue weighted by Gasteiger charge is 2.41. The maximum absolute atomic E-state index is 9.93. The highest BCUT2D eigenvalue weighted by atomic mass is 80.0. The van der Waals surface area contributed by atoms with Crippen molar-refractivity contribution < 1.29 is 9.90 Å². The van der Waals surface area contributed by atoms with Crippen LogP contribution in [0.5, 0.6) is 0 Å². The summed E-state index contributed by atoms with van der Waals surface area (Å²) in [6, 6.07) is 0. The molecule has 2 nitrogen and oxygen atoms in total. The summed E-state index contributed by atoms with van der Waals surface area (Å²) in [6.45, 7) is 0. The molecule has 7 heavy (non-hydrogen) atoms. The Labute approximate surface area is 65.2 Å². The lowest BCUT2D eigenvalue weighted by Crippen LogP contribution is -1.81. The molecule has 0 aliphatic rings. The van der Waals surface area contributed by atoms with Crippen LogP contribution < -0.4 is 0 Å². The van der Waals surface area contributed by atoms with Crippen LogP contribution in [0.25, 0.3) is 0 Å². The van der Waals surface area contributed by atoms with Gasteiger partial charge in [-0.15, -0.1) is 0 Å². The zero-order chi connectivity index (χ0) is 6.08. The summed E-state index contributed by atoms with van der Waals surface area (Å²) in [6.07, 6.45) is 0. The fraction of sp³-hybridized carbons (Fsp3) is 0. The molecule has 0 fully saturated rings. The second-order valence-electron chi connectivity index (χ2n) is 0.728. The van der Waals surface area contributed by atoms with Crippen LogP contribution in [0.4, 0.5) is 4.79 Å². The van der Waals surface area contributed by atoms with Gasteiger partial charge in [0.1, 0.15) is 0 Å². The van der Waals surface area contributed by atoms with Crippen LogP contribution in [-0.2, 0) is 0 Å². The van der Waals surface area contributed by atoms with Gasteiger partial charge in [-0.1, -0.05) is 0 Å². The van der Waals surface area contributed by atoms with Gasteiger partial charge >= 0.3 is 9.08 Å². The Bertz CT molecular complexity index is 85.4. The van der Waals surface area contributed by atoms with Crippen molar-refractivity contribution in [2.24, 2.45) is 0 Å². The van der Waals surface area contributed by atoms with Crippen molar-refractivity contribution in [1.82, 2.24) is 0 Å². The lowest BCUT2D eigenvalue weighted by atomic mass is 11.6. The molecule has 0 aliphatic carbocycles. The monoisotopic (exact) mass is 313 g/mol. The van der Waals surface area contributed by atoms with Gasteiger partial charge in [-0.2, -0.15) is 0 Å². The second-order valence-corrected chi connectivity index (χ2v) is 20.1. The van der Waals surface area contributed by atoms with Gasteiger partial charge < -0.3 is 5.11 Å². The zero-order valence-electron chi connectivity index (χ0n) is 2.94. The predicted molar refractivity (Wildman–Crippen MR) is 41.7 cm³/mol. The molecule has 0 unspecified atom stereocenters. The molecule has 0 rings (SSSR count). The Balaban J connectivity index is 3.79. The second kappa shape index (κ2) is 2.76. The number of halogens is 3. The molecular weight excluding hydrogens is 315 g/mol. The Morgan fingerprint density at radius 1 is 1.43 bits per heavy atom. The molecule has 0 aromatic rings. The van der Waals surface area contributed by atoms with Crippen LogP contribution in [0.3, 0.4) is 0 Å². The number of hydrogen-bond acceptors (Lipinski definition) is 1. The smallest absolute Gasteiger partial charge is 0.450 e. The number of hydrogen-bond donors (Lipinski definition) is 1. The molecule has 0 saturated carbocycles. The number of rotatable bonds is 1. The van der Waals surface area contributed by atoms with Crippen LogP contribution in [0.1, 0.15) is 0 Å². The van der Waals surface area contributed by atoms with Crippen molar-refractivity contribution in [2.45, 2.75) is 0 Å². The average molecular weight is 316 g/mol. The van der Waals surface area contributed by atoms with E-state index in [1.165, 1.54) is 0 Å². The summed E-state index contributed by atoms with van der Waals surface area (Å²) in [5.74, 6) is 0. The van der Waals surface area contributed by atoms with Crippen LogP contribution in [0.15, 0.2) is 0 Å². The minimum absolute atomic E-state index is 0.896. The predicted octanol–water partition coefficient (Wildman–Crippen LogP) is 3.61. The topological polar surface area (TPSA) is 37.3 Å². The van der Waals surface area contributed by atoms with E-state index >= 15 is 0 Å². The summed E-state index contributed by atoms with van der Waals surface area (Å²) in [5.41, 5.74) is -0.896.